The Balaban J connectivity index is 2.10. The fourth-order valence-corrected chi connectivity index (χ4v) is 5.26. The van der Waals surface area contributed by atoms with Gasteiger partial charge in [-0.15, -0.1) is 0 Å². The maximum Gasteiger partial charge on any atom is 0.472 e. The van der Waals surface area contributed by atoms with E-state index >= 15 is 0 Å². The van der Waals surface area contributed by atoms with Crippen molar-refractivity contribution in [3.8, 4) is 5.75 Å². The molecular weight excluding hydrogens is 706 g/mol. The molecule has 14 nitrogen and oxygen atoms in total. The molecule has 0 aliphatic rings. The molecule has 0 radical (unpaired) electrons. The van der Waals surface area contributed by atoms with E-state index in [1.807, 2.05) is 43.7 Å². The van der Waals surface area contributed by atoms with Gasteiger partial charge < -0.3 is 29.3 Å². The number of phenols is 1. The molecule has 250 valence electrons. The highest BCUT2D eigenvalue weighted by Crippen LogP contribution is 2.43. The largest absolute Gasteiger partial charge is 0.506 e. The lowest BCUT2D eigenvalue weighted by Gasteiger charge is -2.24. The first-order valence-corrected chi connectivity index (χ1v) is 17.3. The van der Waals surface area contributed by atoms with Crippen molar-refractivity contribution < 1.29 is 47.2 Å². The third-order valence-corrected chi connectivity index (χ3v) is 8.37. The summed E-state index contributed by atoms with van der Waals surface area (Å²) in [5.74, 6) is -1.08. The Morgan fingerprint density at radius 1 is 1.02 bits per heavy atom. The molecule has 0 saturated heterocycles. The number of rotatable bonds is 24. The van der Waals surface area contributed by atoms with E-state index in [4.69, 9.17) is 24.1 Å². The minimum absolute atomic E-state index is 0.0532. The number of hydrogen-bond donors (Lipinski definition) is 3. The third kappa shape index (κ3) is 18.7. The minimum atomic E-state index is -4.26. The van der Waals surface area contributed by atoms with Gasteiger partial charge in [0, 0.05) is 25.0 Å². The van der Waals surface area contributed by atoms with Crippen LogP contribution in [0.4, 0.5) is 5.69 Å². The number of ether oxygens (including phenoxy) is 2. The summed E-state index contributed by atoms with van der Waals surface area (Å²) >= 11 is 1.84. The zero-order chi connectivity index (χ0) is 33.0. The average molecular weight is 755 g/mol. The maximum atomic E-state index is 12.3. The van der Waals surface area contributed by atoms with Crippen molar-refractivity contribution in [3.63, 3.8) is 0 Å². The molecule has 0 aliphatic heterocycles. The van der Waals surface area contributed by atoms with Crippen molar-refractivity contribution in [1.29, 1.82) is 0 Å². The Hall–Kier alpha value is -1.97. The normalized spacial score (nSPS) is 13.5. The van der Waals surface area contributed by atoms with Gasteiger partial charge in [0.2, 0.25) is 0 Å². The van der Waals surface area contributed by atoms with Crippen molar-refractivity contribution in [2.24, 2.45) is 5.11 Å². The van der Waals surface area contributed by atoms with Gasteiger partial charge in [0.1, 0.15) is 25.0 Å². The highest BCUT2D eigenvalue weighted by Gasteiger charge is 2.26. The number of phosphoric ester groups is 1. The molecule has 0 aliphatic carbocycles. The molecule has 3 N–H and O–H groups in total. The van der Waals surface area contributed by atoms with Crippen LogP contribution in [-0.2, 0) is 27.9 Å². The van der Waals surface area contributed by atoms with Crippen LogP contribution >= 0.6 is 30.4 Å². The van der Waals surface area contributed by atoms with E-state index < -0.39 is 19.9 Å². The number of likely N-dealkylation sites (N-methyl/N-ethyl adjacent to an activating group) is 1. The number of carbonyl (C=O) groups excluding carboxylic acids is 2. The molecular formula is C28H48IN5O9P+. The minimum Gasteiger partial charge on any atom is -0.506 e. The standard InChI is InChI=1S/C28H47IN5O9P/c1-22(35)43-23(21-42-44(38,39)41-19-17-34(2,3)4)20-40-18-13-11-9-7-5-6-8-10-12-16-31-28(37)24-14-15-25(32-33-30)26(29)27(24)36/h14-15,23H,5-13,16-21H2,1-4H3,(H2-,31,36,37,38,39)/p+1/t23-/m1/s1/i29-2. The number of aromatic hydroxyl groups is 1. The average Bonchev–Trinajstić information content (AvgIpc) is 2.93. The van der Waals surface area contributed by atoms with E-state index in [0.717, 1.165) is 57.8 Å². The van der Waals surface area contributed by atoms with Crippen LogP contribution in [0, 0.1) is 3.57 Å². The van der Waals surface area contributed by atoms with E-state index in [1.165, 1.54) is 19.1 Å². The number of unbranched alkanes of at least 4 members (excludes halogenated alkanes) is 8. The summed E-state index contributed by atoms with van der Waals surface area (Å²) in [6.45, 7) is 2.59. The number of benzene rings is 1. The molecule has 1 amide bonds. The molecule has 0 saturated carbocycles. The lowest BCUT2D eigenvalue weighted by atomic mass is 10.1. The van der Waals surface area contributed by atoms with Crippen molar-refractivity contribution in [3.05, 3.63) is 31.7 Å². The first-order valence-electron chi connectivity index (χ1n) is 14.8. The van der Waals surface area contributed by atoms with Crippen LogP contribution in [0.1, 0.15) is 75.1 Å². The Morgan fingerprint density at radius 3 is 2.23 bits per heavy atom. The summed E-state index contributed by atoms with van der Waals surface area (Å²) in [7, 11) is 1.54. The van der Waals surface area contributed by atoms with Crippen LogP contribution in [-0.4, -0.2) is 93.1 Å². The molecule has 0 aromatic heterocycles. The summed E-state index contributed by atoms with van der Waals surface area (Å²) in [5.41, 5.74) is 8.99. The number of esters is 1. The van der Waals surface area contributed by atoms with E-state index in [-0.39, 0.29) is 42.7 Å². The fraction of sp³-hybridized carbons (Fsp3) is 0.714. The molecule has 0 spiro atoms. The number of amides is 1. The number of quaternary nitrogens is 1. The van der Waals surface area contributed by atoms with Crippen LogP contribution in [0.25, 0.3) is 10.4 Å². The van der Waals surface area contributed by atoms with Gasteiger partial charge in [-0.1, -0.05) is 56.1 Å². The molecule has 2 atom stereocenters. The zero-order valence-corrected chi connectivity index (χ0v) is 29.3. The van der Waals surface area contributed by atoms with Gasteiger partial charge >= 0.3 is 13.8 Å². The van der Waals surface area contributed by atoms with Gasteiger partial charge in [-0.3, -0.25) is 18.6 Å². The van der Waals surface area contributed by atoms with Gasteiger partial charge in [-0.2, -0.15) is 0 Å². The molecule has 1 aromatic rings. The lowest BCUT2D eigenvalue weighted by molar-refractivity contribution is -0.870. The third-order valence-electron chi connectivity index (χ3n) is 6.32. The maximum absolute atomic E-state index is 12.3. The number of nitrogens with one attached hydrogen (secondary N) is 1. The van der Waals surface area contributed by atoms with Crippen molar-refractivity contribution in [2.45, 2.75) is 70.8 Å². The number of carbonyl (C=O) groups is 2. The SMILES string of the molecule is CC(=O)O[C@H](COCCCCCCCCCCCNC(=O)c1ccc(N=[N+]=[N-])c([125I])c1O)COP(=O)(O)OCC[N+](C)(C)C. The molecule has 1 rings (SSSR count). The predicted octanol–water partition coefficient (Wildman–Crippen LogP) is 5.97. The van der Waals surface area contributed by atoms with Crippen molar-refractivity contribution >= 4 is 48.0 Å². The molecule has 0 bridgehead atoms. The van der Waals surface area contributed by atoms with Crippen molar-refractivity contribution in [1.82, 2.24) is 5.32 Å². The topological polar surface area (TPSA) is 189 Å². The fourth-order valence-electron chi connectivity index (χ4n) is 3.94. The van der Waals surface area contributed by atoms with Gasteiger partial charge in [0.25, 0.3) is 5.91 Å². The highest BCUT2D eigenvalue weighted by atomic mass is 125. The van der Waals surface area contributed by atoms with Crippen LogP contribution in [0.15, 0.2) is 17.2 Å². The zero-order valence-electron chi connectivity index (χ0n) is 26.2. The number of phosphoric acid groups is 1. The number of hydrogen-bond acceptors (Lipinski definition) is 9. The van der Waals surface area contributed by atoms with Crippen LogP contribution < -0.4 is 5.32 Å². The summed E-state index contributed by atoms with van der Waals surface area (Å²) in [6.07, 6.45) is 8.39. The van der Waals surface area contributed by atoms with Crippen molar-refractivity contribution in [2.75, 3.05) is 60.7 Å². The Labute approximate surface area is 273 Å². The van der Waals surface area contributed by atoms with Gasteiger partial charge in [-0.05, 0) is 47.0 Å². The first kappa shape index (κ1) is 40.1. The summed E-state index contributed by atoms with van der Waals surface area (Å²) in [5, 5.41) is 16.5. The Kier molecular flexibility index (Phi) is 19.8. The van der Waals surface area contributed by atoms with E-state index in [2.05, 4.69) is 15.3 Å². The second-order valence-corrected chi connectivity index (χ2v) is 13.9. The van der Waals surface area contributed by atoms with E-state index in [0.29, 0.717) is 27.7 Å². The molecule has 1 aromatic carbocycles. The van der Waals surface area contributed by atoms with E-state index in [9.17, 15) is 24.2 Å². The quantitative estimate of drug-likeness (QED) is 0.0167. The number of halogens is 1. The summed E-state index contributed by atoms with van der Waals surface area (Å²) in [4.78, 5) is 36.3. The summed E-state index contributed by atoms with van der Waals surface area (Å²) in [6, 6.07) is 2.95. The Bertz CT molecular complexity index is 1130. The number of phenolic OH excluding ortho intramolecular Hbond substituents is 1. The molecule has 0 fully saturated rings. The second kappa shape index (κ2) is 21.7. The van der Waals surface area contributed by atoms with Crippen LogP contribution in [0.3, 0.4) is 0 Å². The summed E-state index contributed by atoms with van der Waals surface area (Å²) < 4.78 is 33.7. The van der Waals surface area contributed by atoms with Crippen LogP contribution in [0.2, 0.25) is 0 Å². The highest BCUT2D eigenvalue weighted by molar-refractivity contribution is 14.1. The number of nitrogens with zero attached hydrogens (tertiary/aromatic N) is 4. The predicted molar refractivity (Wildman–Crippen MR) is 175 cm³/mol. The molecule has 44 heavy (non-hydrogen) atoms. The molecule has 0 heterocycles. The Morgan fingerprint density at radius 2 is 1.64 bits per heavy atom. The second-order valence-electron chi connectivity index (χ2n) is 11.3. The van der Waals surface area contributed by atoms with Gasteiger partial charge in [-0.25, -0.2) is 4.57 Å². The first-order chi connectivity index (χ1) is 20.8. The van der Waals surface area contributed by atoms with Gasteiger partial charge in [0.05, 0.1) is 49.2 Å². The monoisotopic (exact) mass is 754 g/mol. The van der Waals surface area contributed by atoms with E-state index in [1.54, 1.807) is 0 Å². The molecule has 1 unspecified atom stereocenters. The number of azide groups is 1. The van der Waals surface area contributed by atoms with Gasteiger partial charge in [0.15, 0.2) is 0 Å². The molecule has 16 heteroatoms. The lowest BCUT2D eigenvalue weighted by Crippen LogP contribution is -2.37. The smallest absolute Gasteiger partial charge is 0.472 e. The van der Waals surface area contributed by atoms with Crippen LogP contribution in [0.5, 0.6) is 5.75 Å².